The van der Waals surface area contributed by atoms with E-state index in [9.17, 15) is 5.26 Å². The highest BCUT2D eigenvalue weighted by Crippen LogP contribution is 2.25. The van der Waals surface area contributed by atoms with Gasteiger partial charge < -0.3 is 10.2 Å². The Morgan fingerprint density at radius 3 is 2.90 bits per heavy atom. The highest BCUT2D eigenvalue weighted by atomic mass is 15.1. The van der Waals surface area contributed by atoms with Crippen molar-refractivity contribution in [2.75, 3.05) is 31.5 Å². The Kier molecular flexibility index (Phi) is 4.40. The minimum absolute atomic E-state index is 0.574. The lowest BCUT2D eigenvalue weighted by Crippen LogP contribution is -2.29. The molecule has 1 aromatic heterocycles. The van der Waals surface area contributed by atoms with Crippen LogP contribution in [0.25, 0.3) is 0 Å². The number of pyridine rings is 1. The van der Waals surface area contributed by atoms with Gasteiger partial charge in [0.05, 0.1) is 5.56 Å². The molecule has 112 valence electrons. The van der Waals surface area contributed by atoms with Crippen LogP contribution in [0.15, 0.2) is 6.07 Å². The molecular weight excluding hydrogens is 260 g/mol. The molecule has 0 saturated carbocycles. The van der Waals surface area contributed by atoms with Crippen molar-refractivity contribution < 1.29 is 0 Å². The van der Waals surface area contributed by atoms with Gasteiger partial charge in [-0.2, -0.15) is 5.26 Å². The van der Waals surface area contributed by atoms with Gasteiger partial charge in [-0.05, 0) is 62.7 Å². The van der Waals surface area contributed by atoms with Gasteiger partial charge in [0.1, 0.15) is 11.9 Å². The molecule has 0 spiro atoms. The molecule has 2 heterocycles. The Morgan fingerprint density at radius 1 is 1.33 bits per heavy atom. The number of likely N-dealkylation sites (tertiary alicyclic amines) is 1. The predicted octanol–water partition coefficient (Wildman–Crippen LogP) is 2.59. The number of rotatable bonds is 5. The first-order valence-corrected chi connectivity index (χ1v) is 8.15. The van der Waals surface area contributed by atoms with E-state index in [1.54, 1.807) is 0 Å². The van der Waals surface area contributed by atoms with Crippen LogP contribution in [0.5, 0.6) is 0 Å². The second kappa shape index (κ2) is 6.44. The molecule has 1 fully saturated rings. The lowest BCUT2D eigenvalue weighted by molar-refractivity contribution is 0.294. The summed E-state index contributed by atoms with van der Waals surface area (Å²) in [5.41, 5.74) is 3.15. The second-order valence-corrected chi connectivity index (χ2v) is 6.45. The largest absolute Gasteiger partial charge is 0.369 e. The normalized spacial score (nSPS) is 19.2. The molecular formula is C17H24N4. The van der Waals surface area contributed by atoms with Gasteiger partial charge in [0.2, 0.25) is 0 Å². The molecule has 1 N–H and O–H groups in total. The summed E-state index contributed by atoms with van der Waals surface area (Å²) < 4.78 is 0. The number of aryl methyl sites for hydroxylation is 2. The number of aromatic nitrogens is 1. The van der Waals surface area contributed by atoms with E-state index >= 15 is 0 Å². The van der Waals surface area contributed by atoms with Crippen molar-refractivity contribution in [3.05, 3.63) is 22.9 Å². The Labute approximate surface area is 127 Å². The van der Waals surface area contributed by atoms with E-state index in [4.69, 9.17) is 0 Å². The smallest absolute Gasteiger partial charge is 0.144 e. The molecule has 1 aliphatic heterocycles. The van der Waals surface area contributed by atoms with Crippen LogP contribution in [0.3, 0.4) is 0 Å². The van der Waals surface area contributed by atoms with E-state index in [-0.39, 0.29) is 0 Å². The first kappa shape index (κ1) is 14.3. The van der Waals surface area contributed by atoms with E-state index in [1.165, 1.54) is 43.6 Å². The minimum Gasteiger partial charge on any atom is -0.369 e. The third-order valence-corrected chi connectivity index (χ3v) is 4.56. The monoisotopic (exact) mass is 284 g/mol. The van der Waals surface area contributed by atoms with Crippen molar-refractivity contribution in [1.82, 2.24) is 9.88 Å². The molecule has 1 unspecified atom stereocenters. The summed E-state index contributed by atoms with van der Waals surface area (Å²) in [7, 11) is 0. The van der Waals surface area contributed by atoms with Crippen LogP contribution < -0.4 is 5.32 Å². The van der Waals surface area contributed by atoms with Crippen LogP contribution in [0.4, 0.5) is 5.82 Å². The number of anilines is 1. The number of nitriles is 1. The second-order valence-electron chi connectivity index (χ2n) is 6.45. The summed E-state index contributed by atoms with van der Waals surface area (Å²) in [5, 5.41) is 12.7. The maximum atomic E-state index is 9.31. The molecule has 1 aliphatic carbocycles. The molecule has 1 saturated heterocycles. The SMILES string of the molecule is CC(CNc1nc2c(cc1C#N)CCC2)CN1CCCC1. The van der Waals surface area contributed by atoms with Gasteiger partial charge >= 0.3 is 0 Å². The number of nitrogens with zero attached hydrogens (tertiary/aromatic N) is 3. The number of hydrogen-bond acceptors (Lipinski definition) is 4. The molecule has 0 aromatic carbocycles. The fraction of sp³-hybridized carbons (Fsp3) is 0.647. The van der Waals surface area contributed by atoms with Crippen LogP contribution in [0.2, 0.25) is 0 Å². The van der Waals surface area contributed by atoms with Gasteiger partial charge in [-0.1, -0.05) is 6.92 Å². The van der Waals surface area contributed by atoms with Crippen molar-refractivity contribution in [2.45, 2.75) is 39.0 Å². The summed E-state index contributed by atoms with van der Waals surface area (Å²) in [6.45, 7) is 6.78. The van der Waals surface area contributed by atoms with Gasteiger partial charge in [0, 0.05) is 18.8 Å². The van der Waals surface area contributed by atoms with E-state index in [0.717, 1.165) is 31.7 Å². The fourth-order valence-corrected chi connectivity index (χ4v) is 3.43. The maximum Gasteiger partial charge on any atom is 0.144 e. The van der Waals surface area contributed by atoms with Crippen LogP contribution in [-0.2, 0) is 12.8 Å². The molecule has 2 aliphatic rings. The van der Waals surface area contributed by atoms with Crippen LogP contribution in [0, 0.1) is 17.2 Å². The zero-order chi connectivity index (χ0) is 14.7. The predicted molar refractivity (Wildman–Crippen MR) is 84.3 cm³/mol. The molecule has 0 radical (unpaired) electrons. The first-order chi connectivity index (χ1) is 10.3. The van der Waals surface area contributed by atoms with Gasteiger partial charge in [-0.25, -0.2) is 4.98 Å². The minimum atomic E-state index is 0.574. The zero-order valence-corrected chi connectivity index (χ0v) is 12.9. The number of nitrogens with one attached hydrogen (secondary N) is 1. The molecule has 1 atom stereocenters. The summed E-state index contributed by atoms with van der Waals surface area (Å²) in [5.74, 6) is 1.36. The van der Waals surface area contributed by atoms with Crippen LogP contribution in [-0.4, -0.2) is 36.1 Å². The average Bonchev–Trinajstić information content (AvgIpc) is 3.14. The van der Waals surface area contributed by atoms with Gasteiger partial charge in [-0.3, -0.25) is 0 Å². The Bertz CT molecular complexity index is 540. The topological polar surface area (TPSA) is 52.0 Å². The lowest BCUT2D eigenvalue weighted by atomic mass is 10.1. The van der Waals surface area contributed by atoms with Gasteiger partial charge in [0.15, 0.2) is 0 Å². The summed E-state index contributed by atoms with van der Waals surface area (Å²) in [4.78, 5) is 7.22. The fourth-order valence-electron chi connectivity index (χ4n) is 3.43. The molecule has 21 heavy (non-hydrogen) atoms. The highest BCUT2D eigenvalue weighted by molar-refractivity contribution is 5.55. The highest BCUT2D eigenvalue weighted by Gasteiger charge is 2.18. The Balaban J connectivity index is 1.60. The summed E-state index contributed by atoms with van der Waals surface area (Å²) >= 11 is 0. The summed E-state index contributed by atoms with van der Waals surface area (Å²) in [6, 6.07) is 4.32. The number of hydrogen-bond donors (Lipinski definition) is 1. The van der Waals surface area contributed by atoms with E-state index in [1.807, 2.05) is 6.07 Å². The van der Waals surface area contributed by atoms with Crippen LogP contribution >= 0.6 is 0 Å². The zero-order valence-electron chi connectivity index (χ0n) is 12.9. The van der Waals surface area contributed by atoms with Crippen molar-refractivity contribution >= 4 is 5.82 Å². The van der Waals surface area contributed by atoms with Crippen molar-refractivity contribution in [3.8, 4) is 6.07 Å². The molecule has 4 heteroatoms. The molecule has 3 rings (SSSR count). The Hall–Kier alpha value is -1.60. The standard InChI is InChI=1S/C17H24N4/c1-13(12-21-7-2-3-8-21)11-19-17-15(10-18)9-14-5-4-6-16(14)20-17/h9,13H,2-8,11-12H2,1H3,(H,19,20). The summed E-state index contributed by atoms with van der Waals surface area (Å²) in [6.07, 6.45) is 5.97. The van der Waals surface area contributed by atoms with Gasteiger partial charge in [0.25, 0.3) is 0 Å². The lowest BCUT2D eigenvalue weighted by Gasteiger charge is -2.21. The third-order valence-electron chi connectivity index (χ3n) is 4.56. The van der Waals surface area contributed by atoms with E-state index in [2.05, 4.69) is 28.2 Å². The molecule has 0 amide bonds. The Morgan fingerprint density at radius 2 is 2.14 bits per heavy atom. The molecule has 0 bridgehead atoms. The van der Waals surface area contributed by atoms with E-state index < -0.39 is 0 Å². The number of fused-ring (bicyclic) bond motifs is 1. The van der Waals surface area contributed by atoms with E-state index in [0.29, 0.717) is 11.5 Å². The van der Waals surface area contributed by atoms with Crippen LogP contribution in [0.1, 0.15) is 43.0 Å². The maximum absolute atomic E-state index is 9.31. The molecule has 4 nitrogen and oxygen atoms in total. The third kappa shape index (κ3) is 3.36. The average molecular weight is 284 g/mol. The van der Waals surface area contributed by atoms with Crippen molar-refractivity contribution in [2.24, 2.45) is 5.92 Å². The molecule has 1 aromatic rings. The van der Waals surface area contributed by atoms with Crippen molar-refractivity contribution in [1.29, 1.82) is 5.26 Å². The first-order valence-electron chi connectivity index (χ1n) is 8.15. The quantitative estimate of drug-likeness (QED) is 0.903. The van der Waals surface area contributed by atoms with Crippen molar-refractivity contribution in [3.63, 3.8) is 0 Å². The van der Waals surface area contributed by atoms with Gasteiger partial charge in [-0.15, -0.1) is 0 Å².